The van der Waals surface area contributed by atoms with E-state index in [1.54, 1.807) is 0 Å². The first-order valence-electron chi connectivity index (χ1n) is 10.1. The fourth-order valence-electron chi connectivity index (χ4n) is 4.06. The molecule has 0 saturated heterocycles. The van der Waals surface area contributed by atoms with Gasteiger partial charge in [-0.1, -0.05) is 30.3 Å². The van der Waals surface area contributed by atoms with Gasteiger partial charge in [-0.05, 0) is 24.8 Å². The summed E-state index contributed by atoms with van der Waals surface area (Å²) in [6.07, 6.45) is 8.29. The van der Waals surface area contributed by atoms with E-state index in [-0.39, 0.29) is 0 Å². The van der Waals surface area contributed by atoms with Crippen molar-refractivity contribution in [3.63, 3.8) is 0 Å². The Hall–Kier alpha value is -2.86. The average Bonchev–Trinajstić information content (AvgIpc) is 3.23. The third kappa shape index (κ3) is 3.47. The van der Waals surface area contributed by atoms with E-state index in [9.17, 15) is 0 Å². The van der Waals surface area contributed by atoms with Crippen molar-refractivity contribution in [2.24, 2.45) is 4.99 Å². The van der Waals surface area contributed by atoms with Crippen LogP contribution in [0.4, 0.5) is 0 Å². The molecule has 28 heavy (non-hydrogen) atoms. The van der Waals surface area contributed by atoms with Crippen molar-refractivity contribution in [2.45, 2.75) is 38.8 Å². The van der Waals surface area contributed by atoms with Gasteiger partial charge >= 0.3 is 0 Å². The van der Waals surface area contributed by atoms with E-state index in [2.05, 4.69) is 49.3 Å². The maximum absolute atomic E-state index is 4.85. The second-order valence-corrected chi connectivity index (χ2v) is 7.55. The fraction of sp³-hybridized carbons (Fsp3) is 0.364. The smallest absolute Gasteiger partial charge is 0.173 e. The van der Waals surface area contributed by atoms with Crippen LogP contribution in [0, 0.1) is 0 Å². The summed E-state index contributed by atoms with van der Waals surface area (Å²) >= 11 is 0. The van der Waals surface area contributed by atoms with Crippen molar-refractivity contribution < 1.29 is 0 Å². The summed E-state index contributed by atoms with van der Waals surface area (Å²) in [6, 6.07) is 10.4. The molecule has 0 aliphatic carbocycles. The van der Waals surface area contributed by atoms with E-state index < -0.39 is 0 Å². The number of fused-ring (bicyclic) bond motifs is 1. The number of rotatable bonds is 4. The summed E-state index contributed by atoms with van der Waals surface area (Å²) in [5.74, 6) is 0.841. The van der Waals surface area contributed by atoms with Crippen LogP contribution in [0.5, 0.6) is 0 Å². The minimum atomic E-state index is 0.841. The van der Waals surface area contributed by atoms with E-state index in [0.29, 0.717) is 0 Å². The first kappa shape index (κ1) is 17.3. The molecule has 2 aliphatic heterocycles. The number of nitrogens with zero attached hydrogens (tertiary/aromatic N) is 5. The molecule has 142 valence electrons. The van der Waals surface area contributed by atoms with Crippen molar-refractivity contribution in [1.82, 2.24) is 25.1 Å². The molecular formula is C22H24N6. The largest absolute Gasteiger partial charge is 0.294 e. The van der Waals surface area contributed by atoms with Crippen LogP contribution in [-0.2, 0) is 19.5 Å². The van der Waals surface area contributed by atoms with Gasteiger partial charge in [0.15, 0.2) is 5.82 Å². The van der Waals surface area contributed by atoms with Crippen LogP contribution in [0.3, 0.4) is 0 Å². The number of hydrogen-bond donors (Lipinski definition) is 1. The summed E-state index contributed by atoms with van der Waals surface area (Å²) in [5.41, 5.74) is 7.01. The normalized spacial score (nSPS) is 17.2. The molecule has 2 aromatic heterocycles. The van der Waals surface area contributed by atoms with Gasteiger partial charge in [-0.15, -0.1) is 0 Å². The number of aromatic nitrogens is 4. The fourth-order valence-corrected chi connectivity index (χ4v) is 4.06. The Kier molecular flexibility index (Phi) is 4.71. The SMILES string of the molecule is c1ccc(-c2[nH]ncc2CN2CCc3nc(C4=NCCCC4)ncc3C2)cc1. The monoisotopic (exact) mass is 372 g/mol. The summed E-state index contributed by atoms with van der Waals surface area (Å²) < 4.78 is 0. The van der Waals surface area contributed by atoms with E-state index in [1.807, 2.05) is 18.5 Å². The highest BCUT2D eigenvalue weighted by atomic mass is 15.2. The molecule has 6 heteroatoms. The lowest BCUT2D eigenvalue weighted by atomic mass is 10.0. The molecule has 6 nitrogen and oxygen atoms in total. The average molecular weight is 372 g/mol. The third-order valence-electron chi connectivity index (χ3n) is 5.57. The Morgan fingerprint density at radius 1 is 1.04 bits per heavy atom. The molecule has 2 aliphatic rings. The lowest BCUT2D eigenvalue weighted by Gasteiger charge is -2.28. The quantitative estimate of drug-likeness (QED) is 0.762. The van der Waals surface area contributed by atoms with Gasteiger partial charge in [0.1, 0.15) is 0 Å². The van der Waals surface area contributed by atoms with E-state index in [0.717, 1.165) is 56.3 Å². The number of aromatic amines is 1. The summed E-state index contributed by atoms with van der Waals surface area (Å²) in [7, 11) is 0. The van der Waals surface area contributed by atoms with Crippen LogP contribution in [0.1, 0.15) is 41.9 Å². The molecule has 0 atom stereocenters. The second kappa shape index (κ2) is 7.64. The molecule has 0 saturated carbocycles. The molecule has 1 N–H and O–H groups in total. The highest BCUT2D eigenvalue weighted by Gasteiger charge is 2.21. The van der Waals surface area contributed by atoms with Gasteiger partial charge < -0.3 is 0 Å². The predicted molar refractivity (Wildman–Crippen MR) is 109 cm³/mol. The molecule has 4 heterocycles. The van der Waals surface area contributed by atoms with Crippen molar-refractivity contribution in [3.05, 3.63) is 65.4 Å². The molecule has 0 unspecified atom stereocenters. The van der Waals surface area contributed by atoms with Gasteiger partial charge in [0.05, 0.1) is 23.3 Å². The van der Waals surface area contributed by atoms with E-state index in [1.165, 1.54) is 35.2 Å². The van der Waals surface area contributed by atoms with Gasteiger partial charge in [0.2, 0.25) is 0 Å². The maximum atomic E-state index is 4.85. The van der Waals surface area contributed by atoms with Crippen LogP contribution in [0.15, 0.2) is 47.7 Å². The summed E-state index contributed by atoms with van der Waals surface area (Å²) in [4.78, 5) is 16.5. The first-order chi connectivity index (χ1) is 13.9. The van der Waals surface area contributed by atoms with Gasteiger partial charge in [0, 0.05) is 49.9 Å². The van der Waals surface area contributed by atoms with Crippen molar-refractivity contribution in [1.29, 1.82) is 0 Å². The van der Waals surface area contributed by atoms with Crippen LogP contribution in [-0.4, -0.2) is 43.9 Å². The lowest BCUT2D eigenvalue weighted by Crippen LogP contribution is -2.31. The Morgan fingerprint density at radius 2 is 1.96 bits per heavy atom. The molecule has 0 bridgehead atoms. The minimum absolute atomic E-state index is 0.841. The highest BCUT2D eigenvalue weighted by molar-refractivity contribution is 5.97. The van der Waals surface area contributed by atoms with Crippen molar-refractivity contribution in [2.75, 3.05) is 13.1 Å². The van der Waals surface area contributed by atoms with Crippen LogP contribution in [0.2, 0.25) is 0 Å². The van der Waals surface area contributed by atoms with Gasteiger partial charge in [-0.3, -0.25) is 15.0 Å². The lowest BCUT2D eigenvalue weighted by molar-refractivity contribution is 0.243. The molecule has 1 aromatic carbocycles. The van der Waals surface area contributed by atoms with Crippen molar-refractivity contribution >= 4 is 5.71 Å². The molecule has 0 radical (unpaired) electrons. The number of H-pyrrole nitrogens is 1. The summed E-state index contributed by atoms with van der Waals surface area (Å²) in [5, 5.41) is 7.44. The zero-order valence-corrected chi connectivity index (χ0v) is 15.9. The Morgan fingerprint density at radius 3 is 2.82 bits per heavy atom. The summed E-state index contributed by atoms with van der Waals surface area (Å²) in [6.45, 7) is 3.66. The molecule has 0 amide bonds. The topological polar surface area (TPSA) is 70.1 Å². The predicted octanol–water partition coefficient (Wildman–Crippen LogP) is 3.40. The van der Waals surface area contributed by atoms with Crippen LogP contribution >= 0.6 is 0 Å². The van der Waals surface area contributed by atoms with Gasteiger partial charge in [-0.25, -0.2) is 9.97 Å². The van der Waals surface area contributed by atoms with Crippen LogP contribution < -0.4 is 0 Å². The molecule has 5 rings (SSSR count). The zero-order chi connectivity index (χ0) is 18.8. The van der Waals surface area contributed by atoms with E-state index >= 15 is 0 Å². The number of aliphatic imine (C=N–C) groups is 1. The highest BCUT2D eigenvalue weighted by Crippen LogP contribution is 2.25. The number of benzene rings is 1. The Balaban J connectivity index is 1.32. The van der Waals surface area contributed by atoms with E-state index in [4.69, 9.17) is 4.98 Å². The van der Waals surface area contributed by atoms with Crippen molar-refractivity contribution in [3.8, 4) is 11.3 Å². The minimum Gasteiger partial charge on any atom is -0.294 e. The molecule has 0 spiro atoms. The van der Waals surface area contributed by atoms with Gasteiger partial charge in [0.25, 0.3) is 0 Å². The molecule has 0 fully saturated rings. The maximum Gasteiger partial charge on any atom is 0.173 e. The third-order valence-corrected chi connectivity index (χ3v) is 5.57. The zero-order valence-electron chi connectivity index (χ0n) is 15.9. The molecule has 3 aromatic rings. The Labute approximate surface area is 164 Å². The van der Waals surface area contributed by atoms with Gasteiger partial charge in [-0.2, -0.15) is 5.10 Å². The second-order valence-electron chi connectivity index (χ2n) is 7.55. The van der Waals surface area contributed by atoms with Crippen LogP contribution in [0.25, 0.3) is 11.3 Å². The Bertz CT molecular complexity index is 991. The molecular weight excluding hydrogens is 348 g/mol. The standard InChI is InChI=1S/C22H24N6/c1-2-6-16(7-3-1)21-18(13-25-27-21)15-28-11-9-19-17(14-28)12-24-22(26-19)20-8-4-5-10-23-20/h1-3,6-7,12-13H,4-5,8-11,14-15H2,(H,25,27). The number of hydrogen-bond acceptors (Lipinski definition) is 5. The first-order valence-corrected chi connectivity index (χ1v) is 10.1. The number of nitrogens with one attached hydrogen (secondary N) is 1.